The van der Waals surface area contributed by atoms with Crippen LogP contribution in [0.2, 0.25) is 0 Å². The molecule has 0 aliphatic rings. The molecule has 0 saturated carbocycles. The third kappa shape index (κ3) is 4.04. The van der Waals surface area contributed by atoms with E-state index in [2.05, 4.69) is 16.8 Å². The molecule has 5 nitrogen and oxygen atoms in total. The van der Waals surface area contributed by atoms with Gasteiger partial charge in [0.1, 0.15) is 4.90 Å². The fourth-order valence-corrected chi connectivity index (χ4v) is 2.93. The van der Waals surface area contributed by atoms with E-state index in [0.717, 1.165) is 6.42 Å². The monoisotopic (exact) mass is 296 g/mol. The van der Waals surface area contributed by atoms with Crippen molar-refractivity contribution in [3.8, 4) is 11.8 Å². The summed E-state index contributed by atoms with van der Waals surface area (Å²) in [5, 5.41) is 8.67. The molecule has 1 N–H and O–H groups in total. The Hall–Kier alpha value is -1.42. The van der Waals surface area contributed by atoms with Crippen molar-refractivity contribution in [2.45, 2.75) is 37.6 Å². The summed E-state index contributed by atoms with van der Waals surface area (Å²) in [6.07, 6.45) is 3.92. The Labute approximate surface area is 120 Å². The minimum atomic E-state index is -3.55. The van der Waals surface area contributed by atoms with Gasteiger partial charge in [0, 0.05) is 37.5 Å². The molecule has 0 amide bonds. The number of sulfonamides is 1. The largest absolute Gasteiger partial charge is 0.395 e. The van der Waals surface area contributed by atoms with E-state index in [1.807, 2.05) is 13.8 Å². The van der Waals surface area contributed by atoms with Gasteiger partial charge in [-0.15, -0.1) is 0 Å². The summed E-state index contributed by atoms with van der Waals surface area (Å²) in [6, 6.07) is 1.43. The lowest BCUT2D eigenvalue weighted by molar-refractivity contribution is 0.305. The van der Waals surface area contributed by atoms with Crippen molar-refractivity contribution in [1.82, 2.24) is 9.29 Å². The van der Waals surface area contributed by atoms with E-state index in [9.17, 15) is 8.42 Å². The second kappa shape index (κ2) is 7.39. The zero-order chi connectivity index (χ0) is 15.2. The zero-order valence-electron chi connectivity index (χ0n) is 12.0. The van der Waals surface area contributed by atoms with Gasteiger partial charge < -0.3 is 5.11 Å². The van der Waals surface area contributed by atoms with Crippen molar-refractivity contribution in [3.63, 3.8) is 0 Å². The molecular formula is C14H20N2O3S. The first-order chi connectivity index (χ1) is 9.43. The average molecular weight is 296 g/mol. The molecule has 0 radical (unpaired) electrons. The predicted molar refractivity (Wildman–Crippen MR) is 77.5 cm³/mol. The Balaban J connectivity index is 3.08. The molecule has 1 aromatic rings. The standard InChI is InChI=1S/C14H20N2O3S/c1-4-12(2)16(3)20(18,19)14-9-13(10-15-11-14)7-5-6-8-17/h9-12,17H,4,6,8H2,1-3H3. The van der Waals surface area contributed by atoms with Crippen LogP contribution >= 0.6 is 0 Å². The summed E-state index contributed by atoms with van der Waals surface area (Å²) in [5.41, 5.74) is 0.525. The second-order valence-electron chi connectivity index (χ2n) is 4.46. The van der Waals surface area contributed by atoms with Gasteiger partial charge in [-0.25, -0.2) is 8.42 Å². The molecule has 0 aromatic carbocycles. The van der Waals surface area contributed by atoms with E-state index in [1.54, 1.807) is 7.05 Å². The van der Waals surface area contributed by atoms with Crippen LogP contribution in [0.25, 0.3) is 0 Å². The smallest absolute Gasteiger partial charge is 0.244 e. The van der Waals surface area contributed by atoms with Crippen molar-refractivity contribution in [2.24, 2.45) is 0 Å². The summed E-state index contributed by atoms with van der Waals surface area (Å²) in [4.78, 5) is 4.06. The quantitative estimate of drug-likeness (QED) is 0.830. The highest BCUT2D eigenvalue weighted by molar-refractivity contribution is 7.89. The molecule has 1 aromatic heterocycles. The molecule has 1 atom stereocenters. The first-order valence-electron chi connectivity index (χ1n) is 6.46. The van der Waals surface area contributed by atoms with Crippen molar-refractivity contribution in [1.29, 1.82) is 0 Å². The molecular weight excluding hydrogens is 276 g/mol. The molecule has 0 fully saturated rings. The fraction of sp³-hybridized carbons (Fsp3) is 0.500. The molecule has 110 valence electrons. The molecule has 6 heteroatoms. The van der Waals surface area contributed by atoms with E-state index in [4.69, 9.17) is 5.11 Å². The van der Waals surface area contributed by atoms with Gasteiger partial charge in [-0.1, -0.05) is 18.8 Å². The maximum atomic E-state index is 12.4. The zero-order valence-corrected chi connectivity index (χ0v) is 12.8. The first-order valence-corrected chi connectivity index (χ1v) is 7.90. The van der Waals surface area contributed by atoms with Gasteiger partial charge in [-0.2, -0.15) is 4.31 Å². The van der Waals surface area contributed by atoms with Gasteiger partial charge in [-0.3, -0.25) is 4.98 Å². The summed E-state index contributed by atoms with van der Waals surface area (Å²) >= 11 is 0. The first kappa shape index (κ1) is 16.6. The van der Waals surface area contributed by atoms with Gasteiger partial charge in [0.25, 0.3) is 0 Å². The van der Waals surface area contributed by atoms with E-state index < -0.39 is 10.0 Å². The second-order valence-corrected chi connectivity index (χ2v) is 6.46. The molecule has 20 heavy (non-hydrogen) atoms. The lowest BCUT2D eigenvalue weighted by Gasteiger charge is -2.22. The minimum Gasteiger partial charge on any atom is -0.395 e. The summed E-state index contributed by atoms with van der Waals surface area (Å²) in [6.45, 7) is 3.77. The number of aliphatic hydroxyl groups is 1. The highest BCUT2D eigenvalue weighted by Crippen LogP contribution is 2.17. The third-order valence-corrected chi connectivity index (χ3v) is 5.01. The van der Waals surface area contributed by atoms with Gasteiger partial charge in [-0.05, 0) is 19.4 Å². The van der Waals surface area contributed by atoms with Crippen LogP contribution in [0, 0.1) is 11.8 Å². The summed E-state index contributed by atoms with van der Waals surface area (Å²) < 4.78 is 26.2. The van der Waals surface area contributed by atoms with Crippen LogP contribution in [0.15, 0.2) is 23.4 Å². The van der Waals surface area contributed by atoms with Gasteiger partial charge in [0.15, 0.2) is 0 Å². The summed E-state index contributed by atoms with van der Waals surface area (Å²) in [5.74, 6) is 5.53. The Bertz CT molecular complexity index is 602. The topological polar surface area (TPSA) is 70.5 Å². The summed E-state index contributed by atoms with van der Waals surface area (Å²) in [7, 11) is -1.99. The number of rotatable bonds is 5. The molecule has 0 spiro atoms. The lowest BCUT2D eigenvalue weighted by atomic mass is 10.3. The number of pyridine rings is 1. The molecule has 1 unspecified atom stereocenters. The maximum Gasteiger partial charge on any atom is 0.244 e. The molecule has 0 bridgehead atoms. The number of hydrogen-bond donors (Lipinski definition) is 1. The minimum absolute atomic E-state index is 0.0187. The maximum absolute atomic E-state index is 12.4. The van der Waals surface area contributed by atoms with Crippen LogP contribution in [0.4, 0.5) is 0 Å². The van der Waals surface area contributed by atoms with Crippen molar-refractivity contribution >= 4 is 10.0 Å². The van der Waals surface area contributed by atoms with Gasteiger partial charge in [0.2, 0.25) is 10.0 Å². The van der Waals surface area contributed by atoms with E-state index in [1.165, 1.54) is 22.8 Å². The highest BCUT2D eigenvalue weighted by atomic mass is 32.2. The number of aliphatic hydroxyl groups excluding tert-OH is 1. The van der Waals surface area contributed by atoms with Crippen LogP contribution < -0.4 is 0 Å². The SMILES string of the molecule is CCC(C)N(C)S(=O)(=O)c1cncc(C#CCCO)c1. The number of hydrogen-bond acceptors (Lipinski definition) is 4. The van der Waals surface area contributed by atoms with E-state index in [-0.39, 0.29) is 17.5 Å². The molecule has 1 rings (SSSR count). The molecule has 1 heterocycles. The van der Waals surface area contributed by atoms with Crippen LogP contribution in [-0.2, 0) is 10.0 Å². The van der Waals surface area contributed by atoms with Crippen molar-refractivity contribution in [3.05, 3.63) is 24.0 Å². The van der Waals surface area contributed by atoms with Gasteiger partial charge in [0.05, 0.1) is 6.61 Å². The number of aromatic nitrogens is 1. The van der Waals surface area contributed by atoms with Gasteiger partial charge >= 0.3 is 0 Å². The Morgan fingerprint density at radius 2 is 2.15 bits per heavy atom. The van der Waals surface area contributed by atoms with Crippen molar-refractivity contribution < 1.29 is 13.5 Å². The Morgan fingerprint density at radius 3 is 2.75 bits per heavy atom. The highest BCUT2D eigenvalue weighted by Gasteiger charge is 2.24. The molecule has 0 aliphatic heterocycles. The van der Waals surface area contributed by atoms with Crippen LogP contribution in [-0.4, -0.2) is 42.5 Å². The van der Waals surface area contributed by atoms with E-state index in [0.29, 0.717) is 12.0 Å². The lowest BCUT2D eigenvalue weighted by Crippen LogP contribution is -2.34. The van der Waals surface area contributed by atoms with Crippen LogP contribution in [0.1, 0.15) is 32.3 Å². The van der Waals surface area contributed by atoms with Crippen LogP contribution in [0.5, 0.6) is 0 Å². The van der Waals surface area contributed by atoms with Crippen LogP contribution in [0.3, 0.4) is 0 Å². The van der Waals surface area contributed by atoms with E-state index >= 15 is 0 Å². The fourth-order valence-electron chi connectivity index (χ4n) is 1.51. The number of nitrogens with zero attached hydrogens (tertiary/aromatic N) is 2. The Kier molecular flexibility index (Phi) is 6.14. The Morgan fingerprint density at radius 1 is 1.45 bits per heavy atom. The normalized spacial score (nSPS) is 12.8. The molecule has 0 aliphatic carbocycles. The third-order valence-electron chi connectivity index (χ3n) is 3.07. The predicted octanol–water partition coefficient (Wildman–Crippen LogP) is 1.23. The molecule has 0 saturated heterocycles. The van der Waals surface area contributed by atoms with Crippen molar-refractivity contribution in [2.75, 3.05) is 13.7 Å². The average Bonchev–Trinajstić information content (AvgIpc) is 2.46.